The van der Waals surface area contributed by atoms with Crippen molar-refractivity contribution in [1.29, 1.82) is 0 Å². The van der Waals surface area contributed by atoms with Gasteiger partial charge in [0.2, 0.25) is 0 Å². The summed E-state index contributed by atoms with van der Waals surface area (Å²) in [5.41, 5.74) is -1.64. The summed E-state index contributed by atoms with van der Waals surface area (Å²) in [6.07, 6.45) is 0. The Morgan fingerprint density at radius 1 is 0.778 bits per heavy atom. The van der Waals surface area contributed by atoms with Crippen LogP contribution in [0.2, 0.25) is 0 Å². The van der Waals surface area contributed by atoms with Crippen molar-refractivity contribution in [3.05, 3.63) is 35.4 Å². The molecule has 4 N–H and O–H groups in total. The van der Waals surface area contributed by atoms with Crippen LogP contribution in [0.1, 0.15) is 20.7 Å². The molecule has 0 aliphatic heterocycles. The summed E-state index contributed by atoms with van der Waals surface area (Å²) < 4.78 is 0. The monoisotopic (exact) mass is 248 g/mol. The van der Waals surface area contributed by atoms with Crippen molar-refractivity contribution >= 4 is 22.7 Å². The summed E-state index contributed by atoms with van der Waals surface area (Å²) in [6.45, 7) is 0. The average Bonchev–Trinajstić information content (AvgIpc) is 2.32. The van der Waals surface area contributed by atoms with Gasteiger partial charge in [-0.05, 0) is 0 Å². The minimum atomic E-state index is -1.62. The van der Waals surface area contributed by atoms with E-state index in [1.807, 2.05) is 0 Å². The van der Waals surface area contributed by atoms with Gasteiger partial charge in [-0.25, -0.2) is 9.59 Å². The molecule has 6 heteroatoms. The molecule has 0 unspecified atom stereocenters. The van der Waals surface area contributed by atoms with E-state index < -0.39 is 34.6 Å². The maximum atomic E-state index is 11.0. The van der Waals surface area contributed by atoms with Crippen molar-refractivity contribution in [1.82, 2.24) is 0 Å². The Hall–Kier alpha value is -2.76. The molecule has 0 spiro atoms. The SMILES string of the molecule is O=C(O)c1c(C(=O)O)c(O)c2ccccc2c1O. The predicted octanol–water partition coefficient (Wildman–Crippen LogP) is 1.65. The number of aromatic hydroxyl groups is 2. The molecule has 2 rings (SSSR count). The van der Waals surface area contributed by atoms with Gasteiger partial charge in [-0.2, -0.15) is 0 Å². The van der Waals surface area contributed by atoms with Gasteiger partial charge in [0.05, 0.1) is 0 Å². The van der Waals surface area contributed by atoms with Crippen molar-refractivity contribution < 1.29 is 30.0 Å². The predicted molar refractivity (Wildman–Crippen MR) is 61.2 cm³/mol. The van der Waals surface area contributed by atoms with E-state index in [1.54, 1.807) is 0 Å². The van der Waals surface area contributed by atoms with Gasteiger partial charge in [0.15, 0.2) is 0 Å². The fourth-order valence-electron chi connectivity index (χ4n) is 1.82. The molecule has 0 aliphatic rings. The first-order valence-electron chi connectivity index (χ1n) is 4.88. The van der Waals surface area contributed by atoms with Gasteiger partial charge in [-0.1, -0.05) is 24.3 Å². The van der Waals surface area contributed by atoms with Crippen LogP contribution in [-0.2, 0) is 0 Å². The van der Waals surface area contributed by atoms with E-state index in [0.717, 1.165) is 0 Å². The van der Waals surface area contributed by atoms with Gasteiger partial charge in [0.1, 0.15) is 22.6 Å². The molecule has 0 fully saturated rings. The highest BCUT2D eigenvalue weighted by Gasteiger charge is 2.27. The summed E-state index contributed by atoms with van der Waals surface area (Å²) in [5.74, 6) is -4.58. The number of hydrogen-bond donors (Lipinski definition) is 4. The molecule has 0 amide bonds. The third-order valence-corrected chi connectivity index (χ3v) is 2.59. The number of carboxylic acid groups (broad SMARTS) is 2. The number of hydrogen-bond acceptors (Lipinski definition) is 4. The van der Waals surface area contributed by atoms with Crippen molar-refractivity contribution in [3.63, 3.8) is 0 Å². The first-order chi connectivity index (χ1) is 8.45. The summed E-state index contributed by atoms with van der Waals surface area (Å²) in [5, 5.41) is 37.7. The Morgan fingerprint density at radius 2 is 1.11 bits per heavy atom. The van der Waals surface area contributed by atoms with E-state index in [4.69, 9.17) is 10.2 Å². The zero-order valence-corrected chi connectivity index (χ0v) is 8.91. The summed E-state index contributed by atoms with van der Waals surface area (Å²) >= 11 is 0. The van der Waals surface area contributed by atoms with E-state index in [2.05, 4.69) is 0 Å². The quantitative estimate of drug-likeness (QED) is 0.600. The van der Waals surface area contributed by atoms with E-state index in [9.17, 15) is 19.8 Å². The van der Waals surface area contributed by atoms with Gasteiger partial charge in [0, 0.05) is 10.8 Å². The normalized spacial score (nSPS) is 10.4. The van der Waals surface area contributed by atoms with Crippen LogP contribution in [0.25, 0.3) is 10.8 Å². The highest BCUT2D eigenvalue weighted by molar-refractivity contribution is 6.13. The Labute approximate surface area is 100 Å². The number of carbonyl (C=O) groups is 2. The molecule has 18 heavy (non-hydrogen) atoms. The van der Waals surface area contributed by atoms with E-state index >= 15 is 0 Å². The van der Waals surface area contributed by atoms with Crippen LogP contribution >= 0.6 is 0 Å². The smallest absolute Gasteiger partial charge is 0.340 e. The lowest BCUT2D eigenvalue weighted by Gasteiger charge is -2.11. The third-order valence-electron chi connectivity index (χ3n) is 2.59. The molecule has 2 aromatic carbocycles. The van der Waals surface area contributed by atoms with Gasteiger partial charge >= 0.3 is 11.9 Å². The molecular weight excluding hydrogens is 240 g/mol. The van der Waals surface area contributed by atoms with Crippen LogP contribution in [0.4, 0.5) is 0 Å². The second-order valence-electron chi connectivity index (χ2n) is 3.60. The second-order valence-corrected chi connectivity index (χ2v) is 3.60. The number of phenols is 2. The molecule has 2 aromatic rings. The highest BCUT2D eigenvalue weighted by atomic mass is 16.4. The zero-order valence-electron chi connectivity index (χ0n) is 8.91. The van der Waals surface area contributed by atoms with E-state index in [0.29, 0.717) is 0 Å². The number of benzene rings is 2. The number of aromatic carboxylic acids is 2. The van der Waals surface area contributed by atoms with Crippen LogP contribution < -0.4 is 0 Å². The van der Waals surface area contributed by atoms with Gasteiger partial charge in [0.25, 0.3) is 0 Å². The van der Waals surface area contributed by atoms with E-state index in [-0.39, 0.29) is 10.8 Å². The molecule has 0 aliphatic carbocycles. The van der Waals surface area contributed by atoms with Gasteiger partial charge < -0.3 is 20.4 Å². The maximum Gasteiger partial charge on any atom is 0.340 e. The molecule has 0 heterocycles. The van der Waals surface area contributed by atoms with Gasteiger partial charge in [-0.15, -0.1) is 0 Å². The first kappa shape index (κ1) is 11.7. The molecular formula is C12H8O6. The lowest BCUT2D eigenvalue weighted by Crippen LogP contribution is -2.09. The summed E-state index contributed by atoms with van der Waals surface area (Å²) in [7, 11) is 0. The largest absolute Gasteiger partial charge is 0.506 e. The van der Waals surface area contributed by atoms with Gasteiger partial charge in [-0.3, -0.25) is 0 Å². The Morgan fingerprint density at radius 3 is 1.39 bits per heavy atom. The Balaban J connectivity index is 3.06. The molecule has 0 bridgehead atoms. The first-order valence-corrected chi connectivity index (χ1v) is 4.88. The van der Waals surface area contributed by atoms with Crippen molar-refractivity contribution in [2.24, 2.45) is 0 Å². The Kier molecular flexibility index (Phi) is 2.55. The van der Waals surface area contributed by atoms with Crippen LogP contribution in [0.3, 0.4) is 0 Å². The van der Waals surface area contributed by atoms with E-state index in [1.165, 1.54) is 24.3 Å². The number of carboxylic acids is 2. The third kappa shape index (κ3) is 1.51. The number of fused-ring (bicyclic) bond motifs is 1. The number of rotatable bonds is 2. The van der Waals surface area contributed by atoms with Crippen LogP contribution in [-0.4, -0.2) is 32.4 Å². The second kappa shape index (κ2) is 3.92. The lowest BCUT2D eigenvalue weighted by molar-refractivity contribution is 0.0646. The van der Waals surface area contributed by atoms with Crippen molar-refractivity contribution in [2.75, 3.05) is 0 Å². The minimum Gasteiger partial charge on any atom is -0.506 e. The molecule has 92 valence electrons. The average molecular weight is 248 g/mol. The van der Waals surface area contributed by atoms with Crippen LogP contribution in [0.5, 0.6) is 11.5 Å². The zero-order chi connectivity index (χ0) is 13.4. The molecule has 6 nitrogen and oxygen atoms in total. The molecule has 0 saturated carbocycles. The molecule has 0 radical (unpaired) electrons. The van der Waals surface area contributed by atoms with Crippen LogP contribution in [0.15, 0.2) is 24.3 Å². The fraction of sp³-hybridized carbons (Fsp3) is 0. The standard InChI is InChI=1S/C12H8O6/c13-9-5-3-1-2-4-6(5)10(14)8(12(17)18)7(9)11(15)16/h1-4,13-14H,(H,15,16)(H,17,18). The van der Waals surface area contributed by atoms with Crippen LogP contribution in [0, 0.1) is 0 Å². The fourth-order valence-corrected chi connectivity index (χ4v) is 1.82. The Bertz CT molecular complexity index is 615. The van der Waals surface area contributed by atoms with Crippen molar-refractivity contribution in [2.45, 2.75) is 0 Å². The minimum absolute atomic E-state index is 0.0809. The maximum absolute atomic E-state index is 11.0. The summed E-state index contributed by atoms with van der Waals surface area (Å²) in [4.78, 5) is 22.0. The highest BCUT2D eigenvalue weighted by Crippen LogP contribution is 2.39. The molecule has 0 saturated heterocycles. The summed E-state index contributed by atoms with van der Waals surface area (Å²) in [6, 6.07) is 5.85. The van der Waals surface area contributed by atoms with Crippen molar-refractivity contribution in [3.8, 4) is 11.5 Å². The molecule has 0 aromatic heterocycles. The lowest BCUT2D eigenvalue weighted by atomic mass is 9.98. The topological polar surface area (TPSA) is 115 Å². The molecule has 0 atom stereocenters.